The van der Waals surface area contributed by atoms with Crippen molar-refractivity contribution in [3.05, 3.63) is 57.2 Å². The van der Waals surface area contributed by atoms with Gasteiger partial charge < -0.3 is 15.7 Å². The third-order valence-electron chi connectivity index (χ3n) is 2.91. The number of urea groups is 1. The van der Waals surface area contributed by atoms with Gasteiger partial charge in [0.15, 0.2) is 0 Å². The van der Waals surface area contributed by atoms with E-state index in [1.165, 1.54) is 6.07 Å². The Morgan fingerprint density at radius 1 is 1.05 bits per heavy atom. The lowest BCUT2D eigenvalue weighted by Gasteiger charge is -2.11. The fourth-order valence-electron chi connectivity index (χ4n) is 1.82. The quantitative estimate of drug-likeness (QED) is 0.688. The number of rotatable bonds is 3. The highest BCUT2D eigenvalue weighted by Crippen LogP contribution is 2.19. The molecule has 21 heavy (non-hydrogen) atoms. The zero-order valence-electron chi connectivity index (χ0n) is 11.2. The molecule has 0 saturated heterocycles. The van der Waals surface area contributed by atoms with Crippen LogP contribution in [0.25, 0.3) is 0 Å². The average Bonchev–Trinajstić information content (AvgIpc) is 2.43. The van der Waals surface area contributed by atoms with Gasteiger partial charge in [0.25, 0.3) is 0 Å². The van der Waals surface area contributed by atoms with Gasteiger partial charge in [-0.25, -0.2) is 9.59 Å². The molecule has 0 unspecified atom stereocenters. The van der Waals surface area contributed by atoms with E-state index in [2.05, 4.69) is 33.2 Å². The lowest BCUT2D eigenvalue weighted by molar-refractivity contribution is 0.0696. The summed E-state index contributed by atoms with van der Waals surface area (Å²) in [6.07, 6.45) is 0. The molecule has 0 saturated carbocycles. The van der Waals surface area contributed by atoms with Crippen LogP contribution in [0.4, 0.5) is 16.2 Å². The molecule has 2 aromatic carbocycles. The van der Waals surface area contributed by atoms with E-state index >= 15 is 0 Å². The van der Waals surface area contributed by atoms with Crippen LogP contribution in [0.1, 0.15) is 15.9 Å². The van der Waals surface area contributed by atoms with Crippen molar-refractivity contribution in [3.63, 3.8) is 0 Å². The molecule has 0 spiro atoms. The number of aromatic carboxylic acids is 1. The predicted octanol–water partition coefficient (Wildman–Crippen LogP) is 3.94. The molecule has 3 N–H and O–H groups in total. The first-order valence-electron chi connectivity index (χ1n) is 6.14. The second-order valence-corrected chi connectivity index (χ2v) is 5.61. The molecule has 0 heterocycles. The van der Waals surface area contributed by atoms with Crippen molar-refractivity contribution in [2.75, 3.05) is 10.6 Å². The van der Waals surface area contributed by atoms with Crippen molar-refractivity contribution in [1.82, 2.24) is 0 Å². The molecule has 0 atom stereocenters. The highest BCUT2D eigenvalue weighted by molar-refractivity contribution is 14.1. The van der Waals surface area contributed by atoms with Gasteiger partial charge in [-0.2, -0.15) is 0 Å². The maximum Gasteiger partial charge on any atom is 0.336 e. The van der Waals surface area contributed by atoms with Crippen LogP contribution in [-0.2, 0) is 0 Å². The Balaban J connectivity index is 2.11. The molecule has 0 aliphatic heterocycles. The van der Waals surface area contributed by atoms with Gasteiger partial charge in [0.2, 0.25) is 0 Å². The second-order valence-electron chi connectivity index (χ2n) is 4.37. The monoisotopic (exact) mass is 396 g/mol. The molecule has 0 aliphatic carbocycles. The molecule has 5 nitrogen and oxygen atoms in total. The summed E-state index contributed by atoms with van der Waals surface area (Å²) in [5.41, 5.74) is 1.82. The van der Waals surface area contributed by atoms with Gasteiger partial charge >= 0.3 is 12.0 Å². The van der Waals surface area contributed by atoms with Gasteiger partial charge in [0.05, 0.1) is 5.56 Å². The summed E-state index contributed by atoms with van der Waals surface area (Å²) in [7, 11) is 0. The molecule has 0 radical (unpaired) electrons. The lowest BCUT2D eigenvalue weighted by Crippen LogP contribution is -2.20. The van der Waals surface area contributed by atoms with E-state index < -0.39 is 12.0 Å². The summed E-state index contributed by atoms with van der Waals surface area (Å²) < 4.78 is 1.07. The van der Waals surface area contributed by atoms with Crippen LogP contribution >= 0.6 is 22.6 Å². The van der Waals surface area contributed by atoms with Gasteiger partial charge in [-0.3, -0.25) is 0 Å². The molecular weight excluding hydrogens is 383 g/mol. The maximum absolute atomic E-state index is 11.9. The van der Waals surface area contributed by atoms with Crippen LogP contribution < -0.4 is 10.6 Å². The number of hydrogen-bond donors (Lipinski definition) is 3. The van der Waals surface area contributed by atoms with Gasteiger partial charge in [0.1, 0.15) is 0 Å². The Bertz CT molecular complexity index is 684. The molecule has 108 valence electrons. The number of carboxylic acid groups (broad SMARTS) is 1. The first-order valence-corrected chi connectivity index (χ1v) is 7.21. The SMILES string of the molecule is Cc1c(NC(=O)Nc2ccc(I)cc2)cccc1C(=O)O. The van der Waals surface area contributed by atoms with E-state index in [-0.39, 0.29) is 5.56 Å². The number of nitrogens with one attached hydrogen (secondary N) is 2. The van der Waals surface area contributed by atoms with Crippen molar-refractivity contribution in [3.8, 4) is 0 Å². The van der Waals surface area contributed by atoms with Gasteiger partial charge in [0, 0.05) is 14.9 Å². The summed E-state index contributed by atoms with van der Waals surface area (Å²) in [4.78, 5) is 23.0. The molecular formula is C15H13IN2O3. The Kier molecular flexibility index (Phi) is 4.79. The number of carbonyl (C=O) groups is 2. The predicted molar refractivity (Wildman–Crippen MR) is 89.9 cm³/mol. The van der Waals surface area contributed by atoms with Crippen molar-refractivity contribution < 1.29 is 14.7 Å². The first-order chi connectivity index (χ1) is 9.97. The number of benzene rings is 2. The van der Waals surface area contributed by atoms with Crippen LogP contribution in [0.2, 0.25) is 0 Å². The number of carboxylic acids is 1. The number of carbonyl (C=O) groups excluding carboxylic acids is 1. The van der Waals surface area contributed by atoms with E-state index in [0.29, 0.717) is 16.9 Å². The average molecular weight is 396 g/mol. The number of anilines is 2. The maximum atomic E-state index is 11.9. The van der Waals surface area contributed by atoms with E-state index in [1.54, 1.807) is 31.2 Å². The van der Waals surface area contributed by atoms with Crippen molar-refractivity contribution in [2.45, 2.75) is 6.92 Å². The van der Waals surface area contributed by atoms with E-state index in [1.807, 2.05) is 12.1 Å². The summed E-state index contributed by atoms with van der Waals surface area (Å²) in [6.45, 7) is 1.66. The van der Waals surface area contributed by atoms with Crippen LogP contribution in [0.5, 0.6) is 0 Å². The van der Waals surface area contributed by atoms with E-state index in [4.69, 9.17) is 5.11 Å². The third-order valence-corrected chi connectivity index (χ3v) is 3.63. The Morgan fingerprint density at radius 3 is 2.33 bits per heavy atom. The minimum absolute atomic E-state index is 0.169. The Hall–Kier alpha value is -2.09. The van der Waals surface area contributed by atoms with E-state index in [0.717, 1.165) is 3.57 Å². The number of hydrogen-bond acceptors (Lipinski definition) is 2. The van der Waals surface area contributed by atoms with Crippen molar-refractivity contribution in [2.24, 2.45) is 0 Å². The molecule has 2 amide bonds. The van der Waals surface area contributed by atoms with Gasteiger partial charge in [-0.1, -0.05) is 6.07 Å². The standard InChI is InChI=1S/C15H13IN2O3/c1-9-12(14(19)20)3-2-4-13(9)18-15(21)17-11-7-5-10(16)6-8-11/h2-8H,1H3,(H,19,20)(H2,17,18,21). The molecule has 6 heteroatoms. The van der Waals surface area contributed by atoms with Gasteiger partial charge in [-0.15, -0.1) is 0 Å². The highest BCUT2D eigenvalue weighted by Gasteiger charge is 2.11. The molecule has 0 bridgehead atoms. The fourth-order valence-corrected chi connectivity index (χ4v) is 2.18. The smallest absolute Gasteiger partial charge is 0.336 e. The Morgan fingerprint density at radius 2 is 1.71 bits per heavy atom. The number of halogens is 1. The highest BCUT2D eigenvalue weighted by atomic mass is 127. The Labute approximate surface area is 135 Å². The summed E-state index contributed by atoms with van der Waals surface area (Å²) in [6, 6.07) is 11.7. The van der Waals surface area contributed by atoms with Crippen molar-refractivity contribution >= 4 is 46.0 Å². The molecule has 0 aliphatic rings. The number of amides is 2. The van der Waals surface area contributed by atoms with Crippen LogP contribution in [0, 0.1) is 10.5 Å². The summed E-state index contributed by atoms with van der Waals surface area (Å²) in [5.74, 6) is -1.02. The minimum Gasteiger partial charge on any atom is -0.478 e. The summed E-state index contributed by atoms with van der Waals surface area (Å²) >= 11 is 2.18. The normalized spacial score (nSPS) is 10.0. The molecule has 2 rings (SSSR count). The second kappa shape index (κ2) is 6.57. The van der Waals surface area contributed by atoms with Gasteiger partial charge in [-0.05, 0) is 71.5 Å². The fraction of sp³-hybridized carbons (Fsp3) is 0.0667. The zero-order chi connectivity index (χ0) is 15.4. The lowest BCUT2D eigenvalue weighted by atomic mass is 10.1. The van der Waals surface area contributed by atoms with Crippen molar-refractivity contribution in [1.29, 1.82) is 0 Å². The minimum atomic E-state index is -1.02. The molecule has 0 fully saturated rings. The zero-order valence-corrected chi connectivity index (χ0v) is 13.3. The van der Waals surface area contributed by atoms with Crippen LogP contribution in [-0.4, -0.2) is 17.1 Å². The molecule has 0 aromatic heterocycles. The van der Waals surface area contributed by atoms with E-state index in [9.17, 15) is 9.59 Å². The third kappa shape index (κ3) is 3.94. The first kappa shape index (κ1) is 15.3. The van der Waals surface area contributed by atoms with Crippen LogP contribution in [0.15, 0.2) is 42.5 Å². The largest absolute Gasteiger partial charge is 0.478 e. The topological polar surface area (TPSA) is 78.4 Å². The summed E-state index contributed by atoms with van der Waals surface area (Å²) in [5, 5.41) is 14.4. The molecule has 2 aromatic rings. The van der Waals surface area contributed by atoms with Crippen LogP contribution in [0.3, 0.4) is 0 Å².